The summed E-state index contributed by atoms with van der Waals surface area (Å²) >= 11 is 0. The molecule has 0 saturated carbocycles. The van der Waals surface area contributed by atoms with E-state index in [0.29, 0.717) is 37.7 Å². The van der Waals surface area contributed by atoms with Crippen LogP contribution in [0.1, 0.15) is 24.9 Å². The minimum Gasteiger partial charge on any atom is -0.486 e. The molecule has 0 aromatic heterocycles. The van der Waals surface area contributed by atoms with Crippen LogP contribution in [0.15, 0.2) is 18.2 Å². The normalized spacial score (nSPS) is 21.3. The summed E-state index contributed by atoms with van der Waals surface area (Å²) in [6.45, 7) is 2.40. The van der Waals surface area contributed by atoms with Gasteiger partial charge in [-0.05, 0) is 31.0 Å². The number of hydrogen-bond donors (Lipinski definition) is 2. The van der Waals surface area contributed by atoms with Gasteiger partial charge in [0.15, 0.2) is 11.5 Å². The van der Waals surface area contributed by atoms with Gasteiger partial charge in [0.25, 0.3) is 0 Å². The number of carbonyl (C=O) groups is 1. The molecule has 2 atom stereocenters. The number of urea groups is 1. The average molecular weight is 373 g/mol. The van der Waals surface area contributed by atoms with E-state index in [1.54, 1.807) is 6.07 Å². The smallest absolute Gasteiger partial charge is 0.401 e. The Bertz CT molecular complexity index is 654. The van der Waals surface area contributed by atoms with Gasteiger partial charge in [-0.2, -0.15) is 13.2 Å². The lowest BCUT2D eigenvalue weighted by molar-refractivity contribution is -0.143. The van der Waals surface area contributed by atoms with Gasteiger partial charge >= 0.3 is 12.2 Å². The molecule has 2 unspecified atom stereocenters. The Kier molecular flexibility index (Phi) is 5.45. The maximum Gasteiger partial charge on any atom is 0.401 e. The lowest BCUT2D eigenvalue weighted by Crippen LogP contribution is -2.44. The van der Waals surface area contributed by atoms with E-state index in [1.807, 2.05) is 19.1 Å². The fraction of sp³-hybridized carbons (Fsp3) is 0.588. The fourth-order valence-electron chi connectivity index (χ4n) is 3.18. The number of benzene rings is 1. The summed E-state index contributed by atoms with van der Waals surface area (Å²) in [6.07, 6.45) is -3.72. The van der Waals surface area contributed by atoms with Gasteiger partial charge in [-0.25, -0.2) is 4.79 Å². The van der Waals surface area contributed by atoms with Crippen LogP contribution in [-0.4, -0.2) is 56.0 Å². The van der Waals surface area contributed by atoms with E-state index in [9.17, 15) is 18.0 Å². The van der Waals surface area contributed by atoms with Crippen molar-refractivity contribution in [1.29, 1.82) is 0 Å². The maximum absolute atomic E-state index is 12.4. The number of fused-ring (bicyclic) bond motifs is 1. The second-order valence-corrected chi connectivity index (χ2v) is 6.58. The molecule has 1 fully saturated rings. The summed E-state index contributed by atoms with van der Waals surface area (Å²) in [5.74, 6) is 1.31. The summed E-state index contributed by atoms with van der Waals surface area (Å²) in [7, 11) is 0. The lowest BCUT2D eigenvalue weighted by Gasteiger charge is -2.22. The highest BCUT2D eigenvalue weighted by Crippen LogP contribution is 2.32. The van der Waals surface area contributed by atoms with Crippen LogP contribution < -0.4 is 20.1 Å². The van der Waals surface area contributed by atoms with E-state index in [1.165, 1.54) is 4.90 Å². The highest BCUT2D eigenvalue weighted by Gasteiger charge is 2.34. The summed E-state index contributed by atoms with van der Waals surface area (Å²) in [5.41, 5.74) is 0.856. The van der Waals surface area contributed by atoms with E-state index in [2.05, 4.69) is 10.6 Å². The molecule has 6 nitrogen and oxygen atoms in total. The molecule has 0 radical (unpaired) electrons. The number of ether oxygens (including phenoxy) is 2. The summed E-state index contributed by atoms with van der Waals surface area (Å²) in [4.78, 5) is 13.4. The van der Waals surface area contributed by atoms with Crippen LogP contribution in [0.3, 0.4) is 0 Å². The largest absolute Gasteiger partial charge is 0.486 e. The number of nitrogens with one attached hydrogen (secondary N) is 2. The fourth-order valence-corrected chi connectivity index (χ4v) is 3.18. The van der Waals surface area contributed by atoms with Crippen LogP contribution in [0.4, 0.5) is 18.0 Å². The van der Waals surface area contributed by atoms with Crippen molar-refractivity contribution in [2.24, 2.45) is 0 Å². The molecular weight excluding hydrogens is 351 g/mol. The molecule has 2 heterocycles. The van der Waals surface area contributed by atoms with E-state index in [0.717, 1.165) is 5.56 Å². The van der Waals surface area contributed by atoms with Crippen molar-refractivity contribution in [2.45, 2.75) is 31.6 Å². The molecule has 0 spiro atoms. The minimum atomic E-state index is -4.22. The Morgan fingerprint density at radius 1 is 1.31 bits per heavy atom. The molecule has 3 rings (SSSR count). The van der Waals surface area contributed by atoms with Crippen molar-refractivity contribution in [3.8, 4) is 11.5 Å². The predicted molar refractivity (Wildman–Crippen MR) is 88.4 cm³/mol. The van der Waals surface area contributed by atoms with Gasteiger partial charge in [0, 0.05) is 19.1 Å². The molecule has 26 heavy (non-hydrogen) atoms. The molecule has 2 aliphatic heterocycles. The van der Waals surface area contributed by atoms with Crippen molar-refractivity contribution in [3.63, 3.8) is 0 Å². The van der Waals surface area contributed by atoms with Crippen LogP contribution in [0.25, 0.3) is 0 Å². The second-order valence-electron chi connectivity index (χ2n) is 6.58. The van der Waals surface area contributed by atoms with Gasteiger partial charge in [0.2, 0.25) is 0 Å². The first kappa shape index (κ1) is 18.6. The van der Waals surface area contributed by atoms with Crippen LogP contribution >= 0.6 is 0 Å². The summed E-state index contributed by atoms with van der Waals surface area (Å²) < 4.78 is 48.2. The van der Waals surface area contributed by atoms with Crippen molar-refractivity contribution in [1.82, 2.24) is 15.5 Å². The van der Waals surface area contributed by atoms with Crippen LogP contribution in [0, 0.1) is 0 Å². The first-order valence-corrected chi connectivity index (χ1v) is 8.56. The molecule has 2 aliphatic rings. The minimum absolute atomic E-state index is 0.200. The Labute approximate surface area is 149 Å². The Hall–Kier alpha value is -2.16. The van der Waals surface area contributed by atoms with Gasteiger partial charge in [-0.3, -0.25) is 4.90 Å². The van der Waals surface area contributed by atoms with Crippen molar-refractivity contribution in [3.05, 3.63) is 23.8 Å². The zero-order valence-electron chi connectivity index (χ0n) is 14.4. The Morgan fingerprint density at radius 2 is 2.04 bits per heavy atom. The standard InChI is InChI=1S/C17H22F3N3O3/c1-11(12-2-3-14-15(8-12)26-7-6-25-14)21-16(24)22-13-4-5-23(9-13)10-17(18,19)20/h2-3,8,11,13H,4-7,9-10H2,1H3,(H2,21,22,24). The second kappa shape index (κ2) is 7.61. The zero-order chi connectivity index (χ0) is 18.7. The molecule has 2 N–H and O–H groups in total. The molecule has 1 saturated heterocycles. The molecule has 144 valence electrons. The molecule has 0 aliphatic carbocycles. The first-order chi connectivity index (χ1) is 12.3. The van der Waals surface area contributed by atoms with E-state index in [4.69, 9.17) is 9.47 Å². The third-order valence-electron chi connectivity index (χ3n) is 4.42. The maximum atomic E-state index is 12.4. The number of likely N-dealkylation sites (tertiary alicyclic amines) is 1. The molecule has 1 aromatic carbocycles. The zero-order valence-corrected chi connectivity index (χ0v) is 14.4. The summed E-state index contributed by atoms with van der Waals surface area (Å²) in [5, 5.41) is 5.55. The molecule has 1 aromatic rings. The number of hydrogen-bond acceptors (Lipinski definition) is 4. The number of alkyl halides is 3. The first-order valence-electron chi connectivity index (χ1n) is 8.56. The lowest BCUT2D eigenvalue weighted by atomic mass is 10.1. The summed E-state index contributed by atoms with van der Waals surface area (Å²) in [6, 6.07) is 4.50. The molecule has 9 heteroatoms. The van der Waals surface area contributed by atoms with Gasteiger partial charge < -0.3 is 20.1 Å². The third-order valence-corrected chi connectivity index (χ3v) is 4.42. The molecule has 2 amide bonds. The number of nitrogens with zero attached hydrogens (tertiary/aromatic N) is 1. The van der Waals surface area contributed by atoms with Crippen molar-refractivity contribution < 1.29 is 27.4 Å². The Balaban J connectivity index is 1.49. The van der Waals surface area contributed by atoms with Gasteiger partial charge in [-0.1, -0.05) is 6.07 Å². The van der Waals surface area contributed by atoms with Gasteiger partial charge in [0.1, 0.15) is 13.2 Å². The monoisotopic (exact) mass is 373 g/mol. The average Bonchev–Trinajstić information content (AvgIpc) is 2.99. The number of amides is 2. The third kappa shape index (κ3) is 4.94. The topological polar surface area (TPSA) is 62.8 Å². The van der Waals surface area contributed by atoms with Crippen LogP contribution in [0.5, 0.6) is 11.5 Å². The Morgan fingerprint density at radius 3 is 2.77 bits per heavy atom. The SMILES string of the molecule is CC(NC(=O)NC1CCN(CC(F)(F)F)C1)c1ccc2c(c1)OCCO2. The predicted octanol–water partition coefficient (Wildman–Crippen LogP) is 2.45. The van der Waals surface area contributed by atoms with E-state index in [-0.39, 0.29) is 18.6 Å². The van der Waals surface area contributed by atoms with Crippen LogP contribution in [-0.2, 0) is 0 Å². The van der Waals surface area contributed by atoms with E-state index >= 15 is 0 Å². The number of carbonyl (C=O) groups excluding carboxylic acids is 1. The number of rotatable bonds is 4. The van der Waals surface area contributed by atoms with Crippen molar-refractivity contribution in [2.75, 3.05) is 32.8 Å². The highest BCUT2D eigenvalue weighted by molar-refractivity contribution is 5.74. The molecular formula is C17H22F3N3O3. The van der Waals surface area contributed by atoms with E-state index < -0.39 is 18.8 Å². The van der Waals surface area contributed by atoms with Gasteiger partial charge in [-0.15, -0.1) is 0 Å². The van der Waals surface area contributed by atoms with Gasteiger partial charge in [0.05, 0.1) is 12.6 Å². The highest BCUT2D eigenvalue weighted by atomic mass is 19.4. The molecule has 0 bridgehead atoms. The quantitative estimate of drug-likeness (QED) is 0.851. The van der Waals surface area contributed by atoms with Crippen LogP contribution in [0.2, 0.25) is 0 Å². The number of halogens is 3. The van der Waals surface area contributed by atoms with Crippen molar-refractivity contribution >= 4 is 6.03 Å².